The number of nitrogens with zero attached hydrogens (tertiary/aromatic N) is 2. The molecule has 18 heavy (non-hydrogen) atoms. The first-order chi connectivity index (χ1) is 8.43. The Morgan fingerprint density at radius 3 is 2.72 bits per heavy atom. The maximum atomic E-state index is 13.2. The third kappa shape index (κ3) is 2.89. The highest BCUT2D eigenvalue weighted by molar-refractivity contribution is 14.1. The molecule has 2 rings (SSSR count). The molecule has 1 heterocycles. The summed E-state index contributed by atoms with van der Waals surface area (Å²) in [5, 5.41) is 0. The maximum Gasteiger partial charge on any atom is 0.248 e. The Morgan fingerprint density at radius 2 is 2.17 bits per heavy atom. The van der Waals surface area contributed by atoms with Crippen LogP contribution in [0.3, 0.4) is 0 Å². The van der Waals surface area contributed by atoms with Gasteiger partial charge in [-0.25, -0.2) is 18.7 Å². The highest BCUT2D eigenvalue weighted by atomic mass is 127. The van der Waals surface area contributed by atoms with Gasteiger partial charge in [0, 0.05) is 18.8 Å². The molecule has 1 saturated carbocycles. The van der Waals surface area contributed by atoms with E-state index in [1.807, 2.05) is 0 Å². The molecule has 1 aliphatic carbocycles. The predicted molar refractivity (Wildman–Crippen MR) is 74.7 cm³/mol. The Morgan fingerprint density at radius 1 is 1.44 bits per heavy atom. The van der Waals surface area contributed by atoms with E-state index < -0.39 is 5.92 Å². The minimum Gasteiger partial charge on any atom is -0.383 e. The van der Waals surface area contributed by atoms with Gasteiger partial charge in [-0.1, -0.05) is 13.3 Å². The fraction of sp³-hybridized carbons (Fsp3) is 0.667. The summed E-state index contributed by atoms with van der Waals surface area (Å²) in [6, 6.07) is 0. The number of hydrogen-bond donors (Lipinski definition) is 1. The van der Waals surface area contributed by atoms with Crippen LogP contribution in [-0.4, -0.2) is 15.9 Å². The van der Waals surface area contributed by atoms with Crippen LogP contribution in [0.5, 0.6) is 0 Å². The van der Waals surface area contributed by atoms with Gasteiger partial charge >= 0.3 is 0 Å². The van der Waals surface area contributed by atoms with Crippen LogP contribution in [-0.2, 0) is 6.42 Å². The van der Waals surface area contributed by atoms with E-state index in [1.54, 1.807) is 0 Å². The van der Waals surface area contributed by atoms with Crippen molar-refractivity contribution in [3.63, 3.8) is 0 Å². The van der Waals surface area contributed by atoms with Crippen LogP contribution in [0.4, 0.5) is 14.6 Å². The summed E-state index contributed by atoms with van der Waals surface area (Å²) in [7, 11) is 0. The summed E-state index contributed by atoms with van der Waals surface area (Å²) < 4.78 is 27.3. The SMILES string of the molecule is CCCc1nc(C2CCC(F)(F)C2)nc(N)c1I. The van der Waals surface area contributed by atoms with Crippen molar-refractivity contribution in [2.45, 2.75) is 50.9 Å². The molecule has 1 unspecified atom stereocenters. The molecule has 0 amide bonds. The van der Waals surface area contributed by atoms with Gasteiger partial charge in [0.25, 0.3) is 0 Å². The van der Waals surface area contributed by atoms with Crippen LogP contribution in [0.15, 0.2) is 0 Å². The van der Waals surface area contributed by atoms with Crippen molar-refractivity contribution in [3.8, 4) is 0 Å². The van der Waals surface area contributed by atoms with Crippen LogP contribution in [0, 0.1) is 3.57 Å². The zero-order valence-electron chi connectivity index (χ0n) is 10.2. The highest BCUT2D eigenvalue weighted by Gasteiger charge is 2.41. The van der Waals surface area contributed by atoms with Gasteiger partial charge in [-0.3, -0.25) is 0 Å². The van der Waals surface area contributed by atoms with Crippen molar-refractivity contribution in [1.82, 2.24) is 9.97 Å². The van der Waals surface area contributed by atoms with E-state index in [2.05, 4.69) is 39.5 Å². The standard InChI is InChI=1S/C12H16F2IN3/c1-2-3-8-9(15)10(16)18-11(17-8)7-4-5-12(13,14)6-7/h7H,2-6H2,1H3,(H2,16,17,18). The number of nitrogen functional groups attached to an aromatic ring is 1. The zero-order valence-corrected chi connectivity index (χ0v) is 12.4. The predicted octanol–water partition coefficient (Wildman–Crippen LogP) is 3.52. The normalized spacial score (nSPS) is 22.3. The van der Waals surface area contributed by atoms with Crippen molar-refractivity contribution in [3.05, 3.63) is 15.1 Å². The lowest BCUT2D eigenvalue weighted by Crippen LogP contribution is -2.13. The van der Waals surface area contributed by atoms with Crippen LogP contribution < -0.4 is 5.73 Å². The molecule has 2 N–H and O–H groups in total. The van der Waals surface area contributed by atoms with Crippen LogP contribution in [0.25, 0.3) is 0 Å². The first-order valence-corrected chi connectivity index (χ1v) is 7.20. The second-order valence-electron chi connectivity index (χ2n) is 4.77. The van der Waals surface area contributed by atoms with Gasteiger partial charge in [0.15, 0.2) is 0 Å². The number of alkyl halides is 2. The lowest BCUT2D eigenvalue weighted by molar-refractivity contribution is 0.00753. The smallest absolute Gasteiger partial charge is 0.248 e. The van der Waals surface area contributed by atoms with E-state index in [9.17, 15) is 8.78 Å². The second-order valence-corrected chi connectivity index (χ2v) is 5.85. The van der Waals surface area contributed by atoms with Crippen molar-refractivity contribution >= 4 is 28.4 Å². The molecule has 3 nitrogen and oxygen atoms in total. The Balaban J connectivity index is 2.29. The molecular weight excluding hydrogens is 351 g/mol. The van der Waals surface area contributed by atoms with E-state index in [-0.39, 0.29) is 18.8 Å². The van der Waals surface area contributed by atoms with Gasteiger partial charge in [0.05, 0.1) is 9.26 Å². The van der Waals surface area contributed by atoms with Gasteiger partial charge in [-0.2, -0.15) is 0 Å². The largest absolute Gasteiger partial charge is 0.383 e. The number of halogens is 3. The monoisotopic (exact) mass is 367 g/mol. The number of aryl methyl sites for hydroxylation is 1. The van der Waals surface area contributed by atoms with E-state index in [4.69, 9.17) is 5.73 Å². The van der Waals surface area contributed by atoms with Crippen molar-refractivity contribution in [2.24, 2.45) is 0 Å². The molecule has 0 spiro atoms. The highest BCUT2D eigenvalue weighted by Crippen LogP contribution is 2.43. The van der Waals surface area contributed by atoms with Crippen LogP contribution in [0.1, 0.15) is 50.0 Å². The number of aromatic nitrogens is 2. The molecule has 0 aliphatic heterocycles. The van der Waals surface area contributed by atoms with Gasteiger partial charge in [-0.05, 0) is 35.4 Å². The molecule has 1 aromatic heterocycles. The summed E-state index contributed by atoms with van der Waals surface area (Å²) >= 11 is 2.12. The van der Waals surface area contributed by atoms with Gasteiger partial charge < -0.3 is 5.73 Å². The molecule has 0 bridgehead atoms. The molecule has 0 aromatic carbocycles. The van der Waals surface area contributed by atoms with Gasteiger partial charge in [-0.15, -0.1) is 0 Å². The molecule has 1 aliphatic rings. The third-order valence-electron chi connectivity index (χ3n) is 3.22. The quantitative estimate of drug-likeness (QED) is 0.832. The lowest BCUT2D eigenvalue weighted by Gasteiger charge is -2.13. The average molecular weight is 367 g/mol. The second kappa shape index (κ2) is 5.22. The molecule has 6 heteroatoms. The van der Waals surface area contributed by atoms with E-state index in [1.165, 1.54) is 0 Å². The van der Waals surface area contributed by atoms with Crippen LogP contribution in [0.2, 0.25) is 0 Å². The zero-order chi connectivity index (χ0) is 13.3. The topological polar surface area (TPSA) is 51.8 Å². The minimum atomic E-state index is -2.57. The molecule has 1 fully saturated rings. The van der Waals surface area contributed by atoms with Crippen molar-refractivity contribution in [2.75, 3.05) is 5.73 Å². The number of hydrogen-bond acceptors (Lipinski definition) is 3. The summed E-state index contributed by atoms with van der Waals surface area (Å²) in [6.07, 6.45) is 1.97. The van der Waals surface area contributed by atoms with E-state index >= 15 is 0 Å². The van der Waals surface area contributed by atoms with Gasteiger partial charge in [0.1, 0.15) is 11.6 Å². The fourth-order valence-electron chi connectivity index (χ4n) is 2.29. The minimum absolute atomic E-state index is 0.0734. The third-order valence-corrected chi connectivity index (χ3v) is 4.39. The summed E-state index contributed by atoms with van der Waals surface area (Å²) in [5.74, 6) is -1.92. The van der Waals surface area contributed by atoms with Crippen LogP contribution >= 0.6 is 22.6 Å². The maximum absolute atomic E-state index is 13.2. The number of anilines is 1. The molecule has 1 atom stereocenters. The molecule has 0 saturated heterocycles. The number of nitrogens with two attached hydrogens (primary N) is 1. The Bertz CT molecular complexity index is 451. The summed E-state index contributed by atoms with van der Waals surface area (Å²) in [5.41, 5.74) is 6.73. The Kier molecular flexibility index (Phi) is 4.03. The Labute approximate surface area is 119 Å². The first kappa shape index (κ1) is 13.9. The molecule has 1 aromatic rings. The summed E-state index contributed by atoms with van der Waals surface area (Å²) in [4.78, 5) is 8.63. The molecule has 0 radical (unpaired) electrons. The molecular formula is C12H16F2IN3. The van der Waals surface area contributed by atoms with E-state index in [0.29, 0.717) is 18.1 Å². The van der Waals surface area contributed by atoms with Crippen molar-refractivity contribution < 1.29 is 8.78 Å². The Hall–Kier alpha value is -0.530. The summed E-state index contributed by atoms with van der Waals surface area (Å²) in [6.45, 7) is 2.05. The van der Waals surface area contributed by atoms with E-state index in [0.717, 1.165) is 22.1 Å². The lowest BCUT2D eigenvalue weighted by atomic mass is 10.1. The average Bonchev–Trinajstić information content (AvgIpc) is 2.65. The first-order valence-electron chi connectivity index (χ1n) is 6.12. The fourth-order valence-corrected chi connectivity index (χ4v) is 2.80. The number of rotatable bonds is 3. The van der Waals surface area contributed by atoms with Crippen molar-refractivity contribution in [1.29, 1.82) is 0 Å². The molecule has 100 valence electrons. The van der Waals surface area contributed by atoms with Gasteiger partial charge in [0.2, 0.25) is 5.92 Å².